The summed E-state index contributed by atoms with van der Waals surface area (Å²) in [5.41, 5.74) is 3.37. The van der Waals surface area contributed by atoms with Crippen molar-refractivity contribution in [2.24, 2.45) is 11.1 Å². The van der Waals surface area contributed by atoms with E-state index in [1.165, 1.54) is 24.3 Å². The number of hydrogen-bond acceptors (Lipinski definition) is 4. The Kier molecular flexibility index (Phi) is 7.15. The lowest BCUT2D eigenvalue weighted by atomic mass is 9.95. The number of halogens is 2. The minimum absolute atomic E-state index is 0.172. The first-order valence-electron chi connectivity index (χ1n) is 10.0. The van der Waals surface area contributed by atoms with Gasteiger partial charge in [0.25, 0.3) is 0 Å². The highest BCUT2D eigenvalue weighted by Crippen LogP contribution is 2.21. The number of benzene rings is 2. The van der Waals surface area contributed by atoms with Gasteiger partial charge in [-0.3, -0.25) is 9.69 Å². The van der Waals surface area contributed by atoms with Gasteiger partial charge >= 0.3 is 5.97 Å². The first-order chi connectivity index (χ1) is 14.3. The van der Waals surface area contributed by atoms with E-state index >= 15 is 0 Å². The molecular weight excluding hydrogens is 390 g/mol. The molecule has 1 unspecified atom stereocenters. The van der Waals surface area contributed by atoms with E-state index in [0.29, 0.717) is 41.1 Å². The first kappa shape index (κ1) is 21.9. The van der Waals surface area contributed by atoms with Crippen LogP contribution in [0.3, 0.4) is 0 Å². The van der Waals surface area contributed by atoms with Gasteiger partial charge in [0.2, 0.25) is 0 Å². The molecule has 1 heterocycles. The predicted molar refractivity (Wildman–Crippen MR) is 111 cm³/mol. The standard InChI is InChI=1S/C23H26F2N2O3/c1-15-11-18(24)3-5-20(15)23(21-6-4-19(25)12-16(21)2)26-30-10-9-27-8-7-17(14-27)13-22(28)29/h3-6,11-12,17H,7-10,13-14H2,1-2H3,(H,28,29). The molecule has 0 bridgehead atoms. The number of rotatable bonds is 8. The van der Waals surface area contributed by atoms with Gasteiger partial charge in [0.05, 0.1) is 0 Å². The number of carboxylic acids is 1. The van der Waals surface area contributed by atoms with Crippen LogP contribution < -0.4 is 0 Å². The summed E-state index contributed by atoms with van der Waals surface area (Å²) in [6.07, 6.45) is 1.05. The fourth-order valence-corrected chi connectivity index (χ4v) is 3.84. The Bertz CT molecular complexity index is 893. The highest BCUT2D eigenvalue weighted by molar-refractivity contribution is 6.14. The number of aliphatic carboxylic acids is 1. The zero-order chi connectivity index (χ0) is 21.7. The Morgan fingerprint density at radius 2 is 1.73 bits per heavy atom. The Hall–Kier alpha value is -2.80. The first-order valence-corrected chi connectivity index (χ1v) is 10.0. The Morgan fingerprint density at radius 3 is 2.27 bits per heavy atom. The van der Waals surface area contributed by atoms with E-state index in [2.05, 4.69) is 10.1 Å². The van der Waals surface area contributed by atoms with Crippen molar-refractivity contribution in [3.05, 3.63) is 70.3 Å². The summed E-state index contributed by atoms with van der Waals surface area (Å²) in [6, 6.07) is 8.87. The third-order valence-electron chi connectivity index (χ3n) is 5.38. The van der Waals surface area contributed by atoms with E-state index in [1.807, 2.05) is 0 Å². The van der Waals surface area contributed by atoms with Crippen LogP contribution in [0, 0.1) is 31.4 Å². The maximum atomic E-state index is 13.6. The van der Waals surface area contributed by atoms with Crippen LogP contribution in [-0.4, -0.2) is 47.9 Å². The highest BCUT2D eigenvalue weighted by Gasteiger charge is 2.24. The van der Waals surface area contributed by atoms with Gasteiger partial charge in [-0.1, -0.05) is 5.16 Å². The van der Waals surface area contributed by atoms with Gasteiger partial charge in [0, 0.05) is 30.6 Å². The number of carbonyl (C=O) groups is 1. The molecule has 1 aliphatic heterocycles. The normalized spacial score (nSPS) is 16.5. The van der Waals surface area contributed by atoms with Crippen molar-refractivity contribution in [2.75, 3.05) is 26.2 Å². The van der Waals surface area contributed by atoms with E-state index < -0.39 is 5.97 Å². The van der Waals surface area contributed by atoms with Gasteiger partial charge in [-0.05, 0) is 80.3 Å². The van der Waals surface area contributed by atoms with Crippen LogP contribution in [0.15, 0.2) is 41.6 Å². The van der Waals surface area contributed by atoms with E-state index in [-0.39, 0.29) is 24.0 Å². The Balaban J connectivity index is 1.72. The Labute approximate surface area is 175 Å². The smallest absolute Gasteiger partial charge is 0.303 e. The molecule has 3 rings (SSSR count). The van der Waals surface area contributed by atoms with E-state index in [4.69, 9.17) is 9.94 Å². The average Bonchev–Trinajstić information content (AvgIpc) is 3.10. The Morgan fingerprint density at radius 1 is 1.13 bits per heavy atom. The molecule has 160 valence electrons. The molecule has 0 amide bonds. The molecule has 0 aromatic heterocycles. The lowest BCUT2D eigenvalue weighted by Gasteiger charge is -2.16. The highest BCUT2D eigenvalue weighted by atomic mass is 19.1. The van der Waals surface area contributed by atoms with Gasteiger partial charge < -0.3 is 9.94 Å². The molecule has 0 spiro atoms. The second-order valence-corrected chi connectivity index (χ2v) is 7.74. The maximum Gasteiger partial charge on any atom is 0.303 e. The van der Waals surface area contributed by atoms with Crippen LogP contribution in [0.5, 0.6) is 0 Å². The quantitative estimate of drug-likeness (QED) is 0.399. The summed E-state index contributed by atoms with van der Waals surface area (Å²) in [4.78, 5) is 18.6. The lowest BCUT2D eigenvalue weighted by molar-refractivity contribution is -0.138. The van der Waals surface area contributed by atoms with Crippen molar-refractivity contribution >= 4 is 11.7 Å². The molecule has 0 aliphatic carbocycles. The van der Waals surface area contributed by atoms with Crippen LogP contribution in [0.1, 0.15) is 35.1 Å². The van der Waals surface area contributed by atoms with Crippen LogP contribution in [0.4, 0.5) is 8.78 Å². The van der Waals surface area contributed by atoms with Gasteiger partial charge in [-0.2, -0.15) is 0 Å². The number of aryl methyl sites for hydroxylation is 2. The molecule has 1 N–H and O–H groups in total. The zero-order valence-corrected chi connectivity index (χ0v) is 17.2. The van der Waals surface area contributed by atoms with Gasteiger partial charge in [0.1, 0.15) is 24.0 Å². The topological polar surface area (TPSA) is 62.1 Å². The van der Waals surface area contributed by atoms with Crippen LogP contribution >= 0.6 is 0 Å². The maximum absolute atomic E-state index is 13.6. The largest absolute Gasteiger partial charge is 0.481 e. The van der Waals surface area contributed by atoms with Crippen molar-refractivity contribution < 1.29 is 23.5 Å². The zero-order valence-electron chi connectivity index (χ0n) is 17.2. The molecule has 0 radical (unpaired) electrons. The number of likely N-dealkylation sites (tertiary alicyclic amines) is 1. The van der Waals surface area contributed by atoms with Crippen molar-refractivity contribution in [3.8, 4) is 0 Å². The average molecular weight is 416 g/mol. The molecule has 1 aliphatic rings. The van der Waals surface area contributed by atoms with Crippen molar-refractivity contribution in [3.63, 3.8) is 0 Å². The molecule has 2 aromatic carbocycles. The van der Waals surface area contributed by atoms with Crippen LogP contribution in [0.2, 0.25) is 0 Å². The van der Waals surface area contributed by atoms with Gasteiger partial charge in [-0.15, -0.1) is 0 Å². The fraction of sp³-hybridized carbons (Fsp3) is 0.391. The summed E-state index contributed by atoms with van der Waals surface area (Å²) >= 11 is 0. The number of carboxylic acid groups (broad SMARTS) is 1. The van der Waals surface area contributed by atoms with Gasteiger partial charge in [0.15, 0.2) is 0 Å². The molecule has 7 heteroatoms. The molecule has 30 heavy (non-hydrogen) atoms. The third-order valence-corrected chi connectivity index (χ3v) is 5.38. The summed E-state index contributed by atoms with van der Waals surface area (Å²) in [5, 5.41) is 13.2. The van der Waals surface area contributed by atoms with Crippen LogP contribution in [-0.2, 0) is 9.63 Å². The van der Waals surface area contributed by atoms with Crippen molar-refractivity contribution in [2.45, 2.75) is 26.7 Å². The molecule has 2 aromatic rings. The molecule has 0 saturated carbocycles. The van der Waals surface area contributed by atoms with Crippen molar-refractivity contribution in [1.82, 2.24) is 4.90 Å². The second kappa shape index (κ2) is 9.80. The minimum atomic E-state index is -0.767. The number of nitrogens with zero attached hydrogens (tertiary/aromatic N) is 2. The molecule has 1 atom stereocenters. The van der Waals surface area contributed by atoms with Gasteiger partial charge in [-0.25, -0.2) is 8.78 Å². The SMILES string of the molecule is Cc1cc(F)ccc1C(=NOCCN1CCC(CC(=O)O)C1)c1ccc(F)cc1C. The third kappa shape index (κ3) is 5.63. The molecule has 1 saturated heterocycles. The van der Waals surface area contributed by atoms with E-state index in [9.17, 15) is 13.6 Å². The monoisotopic (exact) mass is 416 g/mol. The number of oxime groups is 1. The van der Waals surface area contributed by atoms with Crippen molar-refractivity contribution in [1.29, 1.82) is 0 Å². The lowest BCUT2D eigenvalue weighted by Crippen LogP contribution is -2.25. The van der Waals surface area contributed by atoms with Crippen LogP contribution in [0.25, 0.3) is 0 Å². The van der Waals surface area contributed by atoms with E-state index in [1.54, 1.807) is 26.0 Å². The minimum Gasteiger partial charge on any atom is -0.481 e. The summed E-state index contributed by atoms with van der Waals surface area (Å²) in [5.74, 6) is -1.27. The summed E-state index contributed by atoms with van der Waals surface area (Å²) in [6.45, 7) is 6.13. The summed E-state index contributed by atoms with van der Waals surface area (Å²) in [7, 11) is 0. The molecule has 1 fully saturated rings. The molecule has 5 nitrogen and oxygen atoms in total. The van der Waals surface area contributed by atoms with E-state index in [0.717, 1.165) is 19.5 Å². The number of hydrogen-bond donors (Lipinski definition) is 1. The summed E-state index contributed by atoms with van der Waals surface area (Å²) < 4.78 is 27.1. The fourth-order valence-electron chi connectivity index (χ4n) is 3.84. The second-order valence-electron chi connectivity index (χ2n) is 7.74. The molecular formula is C23H26F2N2O3. The predicted octanol–water partition coefficient (Wildman–Crippen LogP) is 4.15.